The predicted molar refractivity (Wildman–Crippen MR) is 73.9 cm³/mol. The Bertz CT molecular complexity index is 625. The topological polar surface area (TPSA) is 116 Å². The molecule has 1 atom stereocenters. The van der Waals surface area contributed by atoms with E-state index in [1.807, 2.05) is 0 Å². The molecule has 2 rings (SSSR count). The summed E-state index contributed by atoms with van der Waals surface area (Å²) in [4.78, 5) is 27.6. The highest BCUT2D eigenvalue weighted by Gasteiger charge is 2.32. The number of esters is 1. The van der Waals surface area contributed by atoms with Crippen molar-refractivity contribution in [3.05, 3.63) is 34.2 Å². The predicted octanol–water partition coefficient (Wildman–Crippen LogP) is 1.84. The zero-order chi connectivity index (χ0) is 15.4. The molecule has 0 aromatic heterocycles. The minimum Gasteiger partial charge on any atom is -0.505 e. The fourth-order valence-electron chi connectivity index (χ4n) is 2.31. The first kappa shape index (κ1) is 14.7. The number of rotatable bonds is 4. The number of carbonyl (C=O) groups excluding carboxylic acids is 2. The highest BCUT2D eigenvalue weighted by atomic mass is 16.5. The fourth-order valence-corrected chi connectivity index (χ4v) is 2.31. The Labute approximate surface area is 120 Å². The van der Waals surface area contributed by atoms with Crippen LogP contribution in [0.3, 0.4) is 0 Å². The van der Waals surface area contributed by atoms with E-state index in [2.05, 4.69) is 14.8 Å². The number of ether oxygens (including phenoxy) is 1. The van der Waals surface area contributed by atoms with E-state index in [9.17, 15) is 14.7 Å². The first-order valence-corrected chi connectivity index (χ1v) is 6.30. The second-order valence-electron chi connectivity index (χ2n) is 4.65. The summed E-state index contributed by atoms with van der Waals surface area (Å²) < 4.78 is 4.58. The standard InChI is InChI=1S/C13H14N4O4/c1-21-13(20)9-3-2-4-10(12(9)19)17-7-8(5-11(17)18)6-15-16-14/h2-4,8,19H,5-7H2,1H3. The molecular formula is C13H14N4O4. The van der Waals surface area contributed by atoms with Crippen LogP contribution in [0.5, 0.6) is 5.75 Å². The van der Waals surface area contributed by atoms with Crippen LogP contribution in [-0.2, 0) is 9.53 Å². The molecule has 110 valence electrons. The van der Waals surface area contributed by atoms with Crippen molar-refractivity contribution in [1.82, 2.24) is 0 Å². The molecule has 1 aromatic rings. The molecule has 1 heterocycles. The van der Waals surface area contributed by atoms with Crippen molar-refractivity contribution in [2.45, 2.75) is 6.42 Å². The Morgan fingerprint density at radius 2 is 2.38 bits per heavy atom. The van der Waals surface area contributed by atoms with Crippen LogP contribution < -0.4 is 4.90 Å². The van der Waals surface area contributed by atoms with E-state index < -0.39 is 5.97 Å². The van der Waals surface area contributed by atoms with Gasteiger partial charge < -0.3 is 14.7 Å². The molecule has 0 bridgehead atoms. The molecule has 1 saturated heterocycles. The summed E-state index contributed by atoms with van der Waals surface area (Å²) in [6, 6.07) is 4.54. The smallest absolute Gasteiger partial charge is 0.341 e. The van der Waals surface area contributed by atoms with E-state index in [0.717, 1.165) is 0 Å². The van der Waals surface area contributed by atoms with Gasteiger partial charge in [-0.1, -0.05) is 11.2 Å². The zero-order valence-electron chi connectivity index (χ0n) is 11.4. The average molecular weight is 290 g/mol. The number of anilines is 1. The van der Waals surface area contributed by atoms with Gasteiger partial charge in [-0.3, -0.25) is 4.79 Å². The van der Waals surface area contributed by atoms with Crippen molar-refractivity contribution in [2.75, 3.05) is 25.1 Å². The first-order chi connectivity index (χ1) is 10.1. The molecule has 0 radical (unpaired) electrons. The van der Waals surface area contributed by atoms with Crippen molar-refractivity contribution < 1.29 is 19.4 Å². The maximum atomic E-state index is 12.0. The van der Waals surface area contributed by atoms with E-state index in [1.165, 1.54) is 18.1 Å². The third-order valence-corrected chi connectivity index (χ3v) is 3.32. The summed E-state index contributed by atoms with van der Waals surface area (Å²) in [5.74, 6) is -1.26. The number of phenolic OH excluding ortho intramolecular Hbond substituents is 1. The molecule has 1 aliphatic rings. The van der Waals surface area contributed by atoms with Gasteiger partial charge >= 0.3 is 5.97 Å². The second kappa shape index (κ2) is 6.15. The highest BCUT2D eigenvalue weighted by molar-refractivity contribution is 6.01. The Morgan fingerprint density at radius 1 is 1.62 bits per heavy atom. The number of nitrogens with zero attached hydrogens (tertiary/aromatic N) is 4. The second-order valence-corrected chi connectivity index (χ2v) is 4.65. The lowest BCUT2D eigenvalue weighted by Gasteiger charge is -2.19. The number of amides is 1. The van der Waals surface area contributed by atoms with Gasteiger partial charge in [0.25, 0.3) is 0 Å². The largest absolute Gasteiger partial charge is 0.505 e. The summed E-state index contributed by atoms with van der Waals surface area (Å²) in [5.41, 5.74) is 8.57. The number of para-hydroxylation sites is 1. The minimum absolute atomic E-state index is 0.00120. The van der Waals surface area contributed by atoms with Gasteiger partial charge in [0.05, 0.1) is 12.8 Å². The highest BCUT2D eigenvalue weighted by Crippen LogP contribution is 2.35. The van der Waals surface area contributed by atoms with E-state index in [0.29, 0.717) is 6.54 Å². The lowest BCUT2D eigenvalue weighted by Crippen LogP contribution is -2.25. The molecule has 1 N–H and O–H groups in total. The summed E-state index contributed by atoms with van der Waals surface area (Å²) in [5, 5.41) is 13.6. The molecule has 0 aliphatic carbocycles. The van der Waals surface area contributed by atoms with E-state index >= 15 is 0 Å². The molecule has 0 spiro atoms. The van der Waals surface area contributed by atoms with Crippen molar-refractivity contribution in [1.29, 1.82) is 0 Å². The van der Waals surface area contributed by atoms with Gasteiger partial charge in [-0.25, -0.2) is 4.79 Å². The van der Waals surface area contributed by atoms with Crippen LogP contribution in [-0.4, -0.2) is 37.2 Å². The molecule has 1 unspecified atom stereocenters. The van der Waals surface area contributed by atoms with Crippen molar-refractivity contribution >= 4 is 17.6 Å². The van der Waals surface area contributed by atoms with Gasteiger partial charge in [0, 0.05) is 24.4 Å². The maximum absolute atomic E-state index is 12.0. The van der Waals surface area contributed by atoms with Crippen LogP contribution in [0.2, 0.25) is 0 Å². The van der Waals surface area contributed by atoms with Gasteiger partial charge in [0.15, 0.2) is 5.75 Å². The monoisotopic (exact) mass is 290 g/mol. The number of azide groups is 1. The van der Waals surface area contributed by atoms with Gasteiger partial charge in [-0.15, -0.1) is 0 Å². The number of benzene rings is 1. The van der Waals surface area contributed by atoms with Gasteiger partial charge in [-0.2, -0.15) is 0 Å². The number of hydrogen-bond acceptors (Lipinski definition) is 5. The number of phenols is 1. The molecule has 1 aromatic carbocycles. The van der Waals surface area contributed by atoms with Crippen molar-refractivity contribution in [2.24, 2.45) is 11.0 Å². The zero-order valence-corrected chi connectivity index (χ0v) is 11.4. The normalized spacial score (nSPS) is 17.5. The third kappa shape index (κ3) is 2.90. The van der Waals surface area contributed by atoms with Gasteiger partial charge in [0.2, 0.25) is 5.91 Å². The molecule has 1 amide bonds. The molecule has 8 nitrogen and oxygen atoms in total. The van der Waals surface area contributed by atoms with E-state index in [1.54, 1.807) is 12.1 Å². The van der Waals surface area contributed by atoms with Crippen LogP contribution in [0.15, 0.2) is 23.3 Å². The van der Waals surface area contributed by atoms with Crippen molar-refractivity contribution in [3.63, 3.8) is 0 Å². The van der Waals surface area contributed by atoms with Crippen LogP contribution >= 0.6 is 0 Å². The molecule has 1 aliphatic heterocycles. The van der Waals surface area contributed by atoms with Gasteiger partial charge in [0.1, 0.15) is 5.56 Å². The van der Waals surface area contributed by atoms with E-state index in [4.69, 9.17) is 5.53 Å². The van der Waals surface area contributed by atoms with Crippen molar-refractivity contribution in [3.8, 4) is 5.75 Å². The van der Waals surface area contributed by atoms with E-state index in [-0.39, 0.29) is 41.8 Å². The Morgan fingerprint density at radius 3 is 3.05 bits per heavy atom. The Balaban J connectivity index is 2.28. The molecule has 0 saturated carbocycles. The summed E-state index contributed by atoms with van der Waals surface area (Å²) in [6.07, 6.45) is 0.237. The molecular weight excluding hydrogens is 276 g/mol. The quantitative estimate of drug-likeness (QED) is 0.394. The van der Waals surface area contributed by atoms with Crippen LogP contribution in [0.1, 0.15) is 16.8 Å². The summed E-state index contributed by atoms with van der Waals surface area (Å²) >= 11 is 0. The molecule has 1 fully saturated rings. The number of carbonyl (C=O) groups is 2. The number of hydrogen-bond donors (Lipinski definition) is 1. The minimum atomic E-state index is -0.674. The number of methoxy groups -OCH3 is 1. The third-order valence-electron chi connectivity index (χ3n) is 3.32. The Kier molecular flexibility index (Phi) is 4.30. The van der Waals surface area contributed by atoms with Crippen LogP contribution in [0.25, 0.3) is 10.4 Å². The summed E-state index contributed by atoms with van der Waals surface area (Å²) in [6.45, 7) is 0.548. The lowest BCUT2D eigenvalue weighted by molar-refractivity contribution is -0.117. The molecule has 8 heteroatoms. The molecule has 21 heavy (non-hydrogen) atoms. The van der Waals surface area contributed by atoms with Crippen LogP contribution in [0.4, 0.5) is 5.69 Å². The van der Waals surface area contributed by atoms with Crippen LogP contribution in [0, 0.1) is 5.92 Å². The average Bonchev–Trinajstić information content (AvgIpc) is 2.85. The fraction of sp³-hybridized carbons (Fsp3) is 0.385. The summed E-state index contributed by atoms with van der Waals surface area (Å²) in [7, 11) is 1.21. The Hall–Kier alpha value is -2.73. The SMILES string of the molecule is COC(=O)c1cccc(N2CC(CN=[N+]=[N-])CC2=O)c1O. The lowest BCUT2D eigenvalue weighted by atomic mass is 10.1. The number of aromatic hydroxyl groups is 1. The first-order valence-electron chi connectivity index (χ1n) is 6.30. The maximum Gasteiger partial charge on any atom is 0.341 e. The van der Waals surface area contributed by atoms with Gasteiger partial charge in [-0.05, 0) is 23.6 Å².